The summed E-state index contributed by atoms with van der Waals surface area (Å²) < 4.78 is 0. The summed E-state index contributed by atoms with van der Waals surface area (Å²) in [5, 5.41) is 3.04. The lowest BCUT2D eigenvalue weighted by atomic mass is 9.70. The van der Waals surface area contributed by atoms with E-state index in [1.54, 1.807) is 0 Å². The second-order valence-corrected chi connectivity index (χ2v) is 6.68. The molecule has 5 nitrogen and oxygen atoms in total. The van der Waals surface area contributed by atoms with Gasteiger partial charge in [-0.2, -0.15) is 0 Å². The Morgan fingerprint density at radius 3 is 3.00 bits per heavy atom. The van der Waals surface area contributed by atoms with E-state index < -0.39 is 0 Å². The Morgan fingerprint density at radius 1 is 1.60 bits per heavy atom. The first-order chi connectivity index (χ1) is 9.57. The molecule has 0 aromatic carbocycles. The van der Waals surface area contributed by atoms with Crippen LogP contribution >= 0.6 is 0 Å². The monoisotopic (exact) mass is 278 g/mol. The van der Waals surface area contributed by atoms with Gasteiger partial charge in [-0.1, -0.05) is 11.6 Å². The number of hydrogen-bond donors (Lipinski definition) is 2. The van der Waals surface area contributed by atoms with Gasteiger partial charge < -0.3 is 16.0 Å². The van der Waals surface area contributed by atoms with Crippen molar-refractivity contribution in [2.75, 3.05) is 39.3 Å². The fourth-order valence-electron chi connectivity index (χ4n) is 3.49. The Hall–Kier alpha value is -1.07. The Morgan fingerprint density at radius 2 is 2.45 bits per heavy atom. The molecule has 2 heterocycles. The predicted molar refractivity (Wildman–Crippen MR) is 79.4 cm³/mol. The fraction of sp³-hybridized carbons (Fsp3) is 0.800. The minimum atomic E-state index is -0.0769. The van der Waals surface area contributed by atoms with Crippen molar-refractivity contribution in [2.45, 2.75) is 31.7 Å². The maximum Gasteiger partial charge on any atom is 0.317 e. The summed E-state index contributed by atoms with van der Waals surface area (Å²) in [7, 11) is 0. The molecule has 112 valence electrons. The van der Waals surface area contributed by atoms with Gasteiger partial charge in [0.2, 0.25) is 0 Å². The molecule has 0 aromatic rings. The lowest BCUT2D eigenvalue weighted by Gasteiger charge is -2.39. The van der Waals surface area contributed by atoms with Crippen LogP contribution in [0.25, 0.3) is 0 Å². The van der Waals surface area contributed by atoms with Crippen molar-refractivity contribution < 1.29 is 4.79 Å². The number of nitrogens with one attached hydrogen (secondary N) is 1. The van der Waals surface area contributed by atoms with Crippen molar-refractivity contribution in [1.82, 2.24) is 15.1 Å². The van der Waals surface area contributed by atoms with Gasteiger partial charge in [0.15, 0.2) is 0 Å². The molecule has 0 unspecified atom stereocenters. The lowest BCUT2D eigenvalue weighted by molar-refractivity contribution is 0.187. The van der Waals surface area contributed by atoms with E-state index in [9.17, 15) is 4.79 Å². The van der Waals surface area contributed by atoms with Gasteiger partial charge in [0.1, 0.15) is 0 Å². The molecular formula is C15H26N4O. The van der Waals surface area contributed by atoms with Gasteiger partial charge in [0.25, 0.3) is 0 Å². The molecule has 1 saturated heterocycles. The number of fused-ring (bicyclic) bond motifs is 1. The van der Waals surface area contributed by atoms with Crippen molar-refractivity contribution in [3.05, 3.63) is 11.6 Å². The average molecular weight is 278 g/mol. The number of amides is 2. The van der Waals surface area contributed by atoms with Gasteiger partial charge in [-0.15, -0.1) is 0 Å². The zero-order chi connectivity index (χ0) is 14.2. The number of urea groups is 1. The highest BCUT2D eigenvalue weighted by Crippen LogP contribution is 2.42. The van der Waals surface area contributed by atoms with Crippen LogP contribution in [0.5, 0.6) is 0 Å². The first-order valence-electron chi connectivity index (χ1n) is 7.76. The topological polar surface area (TPSA) is 61.6 Å². The average Bonchev–Trinajstić information content (AvgIpc) is 2.65. The maximum absolute atomic E-state index is 12.1. The van der Waals surface area contributed by atoms with E-state index in [1.165, 1.54) is 12.0 Å². The number of rotatable bonds is 3. The molecule has 2 amide bonds. The van der Waals surface area contributed by atoms with Crippen LogP contribution in [-0.4, -0.2) is 60.6 Å². The van der Waals surface area contributed by atoms with Crippen LogP contribution in [0.4, 0.5) is 4.79 Å². The summed E-state index contributed by atoms with van der Waals surface area (Å²) in [6.07, 6.45) is 5.68. The summed E-state index contributed by atoms with van der Waals surface area (Å²) in [4.78, 5) is 16.4. The predicted octanol–water partition coefficient (Wildman–Crippen LogP) is 0.771. The minimum Gasteiger partial charge on any atom is -0.337 e. The SMILES string of the molecule is CC1=CCN(CCNC(=O)N2C[C@@H]3CC[C@]3(N)C2)CC1. The zero-order valence-corrected chi connectivity index (χ0v) is 12.4. The number of nitrogens with two attached hydrogens (primary N) is 1. The van der Waals surface area contributed by atoms with Gasteiger partial charge in [-0.3, -0.25) is 4.90 Å². The number of likely N-dealkylation sites (tertiary alicyclic amines) is 1. The summed E-state index contributed by atoms with van der Waals surface area (Å²) in [5.74, 6) is 0.531. The Labute approximate surface area is 121 Å². The van der Waals surface area contributed by atoms with E-state index in [0.717, 1.165) is 52.1 Å². The molecule has 0 aromatic heterocycles. The smallest absolute Gasteiger partial charge is 0.317 e. The maximum atomic E-state index is 12.1. The van der Waals surface area contributed by atoms with Crippen molar-refractivity contribution in [1.29, 1.82) is 0 Å². The number of carbonyl (C=O) groups is 1. The van der Waals surface area contributed by atoms with Gasteiger partial charge in [-0.25, -0.2) is 4.79 Å². The molecule has 2 aliphatic heterocycles. The Bertz CT molecular complexity index is 422. The van der Waals surface area contributed by atoms with E-state index in [-0.39, 0.29) is 11.6 Å². The molecule has 2 atom stereocenters. The van der Waals surface area contributed by atoms with E-state index in [2.05, 4.69) is 23.2 Å². The van der Waals surface area contributed by atoms with Crippen LogP contribution in [0.15, 0.2) is 11.6 Å². The van der Waals surface area contributed by atoms with Crippen LogP contribution in [-0.2, 0) is 0 Å². The second kappa shape index (κ2) is 5.37. The van der Waals surface area contributed by atoms with Crippen LogP contribution in [0.3, 0.4) is 0 Å². The summed E-state index contributed by atoms with van der Waals surface area (Å²) in [5.41, 5.74) is 7.66. The molecule has 20 heavy (non-hydrogen) atoms. The van der Waals surface area contributed by atoms with Crippen molar-refractivity contribution in [2.24, 2.45) is 11.7 Å². The molecule has 3 N–H and O–H groups in total. The molecule has 0 radical (unpaired) electrons. The standard InChI is InChI=1S/C15H26N4O/c1-12-3-7-18(8-4-12)9-6-17-14(20)19-10-13-2-5-15(13,16)11-19/h3,13H,2,4-11,16H2,1H3,(H,17,20)/t13-,15-/m0/s1. The first kappa shape index (κ1) is 13.9. The summed E-state index contributed by atoms with van der Waals surface area (Å²) in [6, 6.07) is 0.0629. The minimum absolute atomic E-state index is 0.0629. The third-order valence-electron chi connectivity index (χ3n) is 5.21. The van der Waals surface area contributed by atoms with Crippen LogP contribution in [0, 0.1) is 5.92 Å². The lowest BCUT2D eigenvalue weighted by Crippen LogP contribution is -2.55. The van der Waals surface area contributed by atoms with Crippen LogP contribution in [0.1, 0.15) is 26.2 Å². The highest BCUT2D eigenvalue weighted by atomic mass is 16.2. The van der Waals surface area contributed by atoms with Crippen molar-refractivity contribution >= 4 is 6.03 Å². The summed E-state index contributed by atoms with van der Waals surface area (Å²) >= 11 is 0. The quantitative estimate of drug-likeness (QED) is 0.750. The first-order valence-corrected chi connectivity index (χ1v) is 7.76. The van der Waals surface area contributed by atoms with E-state index in [4.69, 9.17) is 5.73 Å². The largest absolute Gasteiger partial charge is 0.337 e. The molecule has 5 heteroatoms. The highest BCUT2D eigenvalue weighted by molar-refractivity contribution is 5.74. The van der Waals surface area contributed by atoms with Crippen LogP contribution in [0.2, 0.25) is 0 Å². The molecule has 1 saturated carbocycles. The normalized spacial score (nSPS) is 33.4. The van der Waals surface area contributed by atoms with Gasteiger partial charge in [-0.05, 0) is 32.1 Å². The third kappa shape index (κ3) is 2.69. The number of hydrogen-bond acceptors (Lipinski definition) is 3. The van der Waals surface area contributed by atoms with E-state index in [1.807, 2.05) is 4.90 Å². The molecule has 3 aliphatic rings. The molecular weight excluding hydrogens is 252 g/mol. The van der Waals surface area contributed by atoms with Crippen molar-refractivity contribution in [3.8, 4) is 0 Å². The molecule has 3 rings (SSSR count). The van der Waals surface area contributed by atoms with Crippen LogP contribution < -0.4 is 11.1 Å². The second-order valence-electron chi connectivity index (χ2n) is 6.68. The third-order valence-corrected chi connectivity index (χ3v) is 5.21. The van der Waals surface area contributed by atoms with Gasteiger partial charge in [0, 0.05) is 44.8 Å². The fourth-order valence-corrected chi connectivity index (χ4v) is 3.49. The molecule has 2 fully saturated rings. The number of carbonyl (C=O) groups excluding carboxylic acids is 1. The highest BCUT2D eigenvalue weighted by Gasteiger charge is 2.51. The van der Waals surface area contributed by atoms with E-state index in [0.29, 0.717) is 5.92 Å². The molecule has 1 aliphatic carbocycles. The van der Waals surface area contributed by atoms with E-state index >= 15 is 0 Å². The van der Waals surface area contributed by atoms with Crippen molar-refractivity contribution in [3.63, 3.8) is 0 Å². The zero-order valence-electron chi connectivity index (χ0n) is 12.4. The molecule has 0 spiro atoms. The van der Waals surface area contributed by atoms with Gasteiger partial charge >= 0.3 is 6.03 Å². The van der Waals surface area contributed by atoms with Gasteiger partial charge in [0.05, 0.1) is 0 Å². The Kier molecular flexibility index (Phi) is 3.73. The molecule has 0 bridgehead atoms. The Balaban J connectivity index is 1.38. The summed E-state index contributed by atoms with van der Waals surface area (Å²) in [6.45, 7) is 7.53. The number of nitrogens with zero attached hydrogens (tertiary/aromatic N) is 2.